The maximum Gasteiger partial charge on any atom is 0.237 e. The molecule has 0 aliphatic carbocycles. The lowest BCUT2D eigenvalue weighted by atomic mass is 10.0. The zero-order chi connectivity index (χ0) is 13.8. The van der Waals surface area contributed by atoms with Crippen molar-refractivity contribution in [3.8, 4) is 0 Å². The molecule has 1 rings (SSSR count). The van der Waals surface area contributed by atoms with Gasteiger partial charge in [-0.3, -0.25) is 4.79 Å². The Morgan fingerprint density at radius 3 is 2.37 bits per heavy atom. The van der Waals surface area contributed by atoms with Crippen LogP contribution < -0.4 is 10.6 Å². The smallest absolute Gasteiger partial charge is 0.237 e. The molecule has 1 fully saturated rings. The van der Waals surface area contributed by atoms with Gasteiger partial charge in [-0.1, -0.05) is 58.3 Å². The summed E-state index contributed by atoms with van der Waals surface area (Å²) in [7, 11) is 0. The first-order valence-electron chi connectivity index (χ1n) is 8.35. The second-order valence-corrected chi connectivity index (χ2v) is 5.77. The number of hydrogen-bond acceptors (Lipinski definition) is 2. The van der Waals surface area contributed by atoms with E-state index < -0.39 is 0 Å². The summed E-state index contributed by atoms with van der Waals surface area (Å²) in [6, 6.07) is 0.0720. The van der Waals surface area contributed by atoms with E-state index in [4.69, 9.17) is 0 Å². The highest BCUT2D eigenvalue weighted by Gasteiger charge is 2.19. The van der Waals surface area contributed by atoms with E-state index in [1.54, 1.807) is 0 Å². The fourth-order valence-corrected chi connectivity index (χ4v) is 2.67. The average Bonchev–Trinajstić information content (AvgIpc) is 2.46. The van der Waals surface area contributed by atoms with Crippen LogP contribution in [0.25, 0.3) is 0 Å². The Bertz CT molecular complexity index is 225. The van der Waals surface area contributed by atoms with Crippen LogP contribution in [0.15, 0.2) is 0 Å². The number of rotatable bonds is 10. The monoisotopic (exact) mass is 268 g/mol. The molecule has 0 saturated carbocycles. The van der Waals surface area contributed by atoms with E-state index in [2.05, 4.69) is 17.6 Å². The Morgan fingerprint density at radius 1 is 1.05 bits per heavy atom. The minimum absolute atomic E-state index is 0.0720. The molecule has 1 aliphatic rings. The summed E-state index contributed by atoms with van der Waals surface area (Å²) in [5.74, 6) is 0.211. The summed E-state index contributed by atoms with van der Waals surface area (Å²) in [5.41, 5.74) is 0. The van der Waals surface area contributed by atoms with E-state index in [0.29, 0.717) is 0 Å². The van der Waals surface area contributed by atoms with Crippen molar-refractivity contribution in [2.75, 3.05) is 13.1 Å². The van der Waals surface area contributed by atoms with E-state index in [1.165, 1.54) is 57.8 Å². The molecule has 112 valence electrons. The van der Waals surface area contributed by atoms with Crippen molar-refractivity contribution >= 4 is 5.91 Å². The van der Waals surface area contributed by atoms with Gasteiger partial charge < -0.3 is 10.6 Å². The van der Waals surface area contributed by atoms with E-state index in [1.807, 2.05) is 0 Å². The van der Waals surface area contributed by atoms with Gasteiger partial charge in [0.15, 0.2) is 0 Å². The molecule has 3 nitrogen and oxygen atoms in total. The standard InChI is InChI=1S/C16H32N2O/c1-2-3-4-5-6-7-8-10-14-18-16(19)15-12-9-11-13-17-15/h15,17H,2-14H2,1H3,(H,18,19)/t15-/m1/s1. The zero-order valence-corrected chi connectivity index (χ0v) is 12.7. The van der Waals surface area contributed by atoms with Gasteiger partial charge in [-0.05, 0) is 25.8 Å². The third-order valence-corrected chi connectivity index (χ3v) is 3.96. The number of carbonyl (C=O) groups is 1. The van der Waals surface area contributed by atoms with Crippen LogP contribution in [0.4, 0.5) is 0 Å². The zero-order valence-electron chi connectivity index (χ0n) is 12.7. The molecule has 0 bridgehead atoms. The van der Waals surface area contributed by atoms with Crippen LogP contribution in [0.2, 0.25) is 0 Å². The van der Waals surface area contributed by atoms with E-state index >= 15 is 0 Å². The van der Waals surface area contributed by atoms with Gasteiger partial charge in [-0.2, -0.15) is 0 Å². The van der Waals surface area contributed by atoms with Crippen LogP contribution in [-0.4, -0.2) is 25.0 Å². The molecule has 0 aromatic heterocycles. The van der Waals surface area contributed by atoms with Crippen molar-refractivity contribution in [1.29, 1.82) is 0 Å². The van der Waals surface area contributed by atoms with Gasteiger partial charge in [0.1, 0.15) is 0 Å². The van der Waals surface area contributed by atoms with E-state index in [-0.39, 0.29) is 11.9 Å². The van der Waals surface area contributed by atoms with Gasteiger partial charge in [-0.25, -0.2) is 0 Å². The quantitative estimate of drug-likeness (QED) is 0.596. The lowest BCUT2D eigenvalue weighted by molar-refractivity contribution is -0.123. The van der Waals surface area contributed by atoms with Gasteiger partial charge in [-0.15, -0.1) is 0 Å². The predicted octanol–water partition coefficient (Wildman–Crippen LogP) is 3.39. The molecule has 0 aromatic carbocycles. The molecular weight excluding hydrogens is 236 g/mol. The van der Waals surface area contributed by atoms with Crippen molar-refractivity contribution in [2.24, 2.45) is 0 Å². The third kappa shape index (κ3) is 8.25. The van der Waals surface area contributed by atoms with E-state index in [0.717, 1.165) is 25.9 Å². The van der Waals surface area contributed by atoms with Gasteiger partial charge in [0.25, 0.3) is 0 Å². The van der Waals surface area contributed by atoms with Gasteiger partial charge in [0.05, 0.1) is 6.04 Å². The third-order valence-electron chi connectivity index (χ3n) is 3.96. The molecule has 0 aromatic rings. The Labute approximate surface area is 118 Å². The molecule has 0 radical (unpaired) electrons. The molecule has 0 spiro atoms. The highest BCUT2D eigenvalue weighted by Crippen LogP contribution is 2.09. The van der Waals surface area contributed by atoms with Gasteiger partial charge >= 0.3 is 0 Å². The van der Waals surface area contributed by atoms with Crippen molar-refractivity contribution in [3.63, 3.8) is 0 Å². The van der Waals surface area contributed by atoms with Crippen molar-refractivity contribution in [2.45, 2.75) is 83.6 Å². The summed E-state index contributed by atoms with van der Waals surface area (Å²) >= 11 is 0. The first-order valence-corrected chi connectivity index (χ1v) is 8.35. The van der Waals surface area contributed by atoms with Crippen molar-refractivity contribution < 1.29 is 4.79 Å². The minimum Gasteiger partial charge on any atom is -0.355 e. The van der Waals surface area contributed by atoms with Crippen LogP contribution in [0.3, 0.4) is 0 Å². The maximum atomic E-state index is 11.8. The topological polar surface area (TPSA) is 41.1 Å². The highest BCUT2D eigenvalue weighted by atomic mass is 16.2. The number of hydrogen-bond donors (Lipinski definition) is 2. The summed E-state index contributed by atoms with van der Waals surface area (Å²) in [6.45, 7) is 4.10. The molecule has 19 heavy (non-hydrogen) atoms. The SMILES string of the molecule is CCCCCCCCCCNC(=O)[C@H]1CCCCN1. The van der Waals surface area contributed by atoms with Gasteiger partial charge in [0.2, 0.25) is 5.91 Å². The summed E-state index contributed by atoms with van der Waals surface area (Å²) in [5, 5.41) is 6.35. The van der Waals surface area contributed by atoms with Crippen LogP contribution in [0, 0.1) is 0 Å². The molecule has 1 amide bonds. The highest BCUT2D eigenvalue weighted by molar-refractivity contribution is 5.81. The number of carbonyl (C=O) groups excluding carboxylic acids is 1. The fraction of sp³-hybridized carbons (Fsp3) is 0.938. The normalized spacial score (nSPS) is 19.3. The van der Waals surface area contributed by atoms with Crippen LogP contribution in [0.5, 0.6) is 0 Å². The first-order chi connectivity index (χ1) is 9.34. The molecule has 2 N–H and O–H groups in total. The summed E-state index contributed by atoms with van der Waals surface area (Å²) in [6.07, 6.45) is 13.9. The average molecular weight is 268 g/mol. The molecule has 1 atom stereocenters. The second kappa shape index (κ2) is 11.3. The molecule has 1 aliphatic heterocycles. The fourth-order valence-electron chi connectivity index (χ4n) is 2.67. The van der Waals surface area contributed by atoms with Gasteiger partial charge in [0, 0.05) is 6.54 Å². The molecule has 1 heterocycles. The lowest BCUT2D eigenvalue weighted by Crippen LogP contribution is -2.46. The number of amides is 1. The number of unbranched alkanes of at least 4 members (excludes halogenated alkanes) is 7. The second-order valence-electron chi connectivity index (χ2n) is 5.77. The largest absolute Gasteiger partial charge is 0.355 e. The van der Waals surface area contributed by atoms with E-state index in [9.17, 15) is 4.79 Å². The first kappa shape index (κ1) is 16.5. The Kier molecular flexibility index (Phi) is 9.78. The molecular formula is C16H32N2O. The lowest BCUT2D eigenvalue weighted by Gasteiger charge is -2.22. The molecule has 0 unspecified atom stereocenters. The summed E-state index contributed by atoms with van der Waals surface area (Å²) < 4.78 is 0. The Hall–Kier alpha value is -0.570. The number of piperidine rings is 1. The van der Waals surface area contributed by atoms with Crippen molar-refractivity contribution in [1.82, 2.24) is 10.6 Å². The van der Waals surface area contributed by atoms with Crippen LogP contribution >= 0.6 is 0 Å². The van der Waals surface area contributed by atoms with Crippen LogP contribution in [-0.2, 0) is 4.79 Å². The molecule has 1 saturated heterocycles. The molecule has 3 heteroatoms. The maximum absolute atomic E-state index is 11.8. The van der Waals surface area contributed by atoms with Crippen molar-refractivity contribution in [3.05, 3.63) is 0 Å². The Morgan fingerprint density at radius 2 is 1.74 bits per heavy atom. The predicted molar refractivity (Wildman–Crippen MR) is 81.3 cm³/mol. The van der Waals surface area contributed by atoms with Crippen LogP contribution in [0.1, 0.15) is 77.6 Å². The summed E-state index contributed by atoms with van der Waals surface area (Å²) in [4.78, 5) is 11.8. The minimum atomic E-state index is 0.0720. The number of nitrogens with one attached hydrogen (secondary N) is 2. The Balaban J connectivity index is 1.86.